The van der Waals surface area contributed by atoms with Gasteiger partial charge in [-0.25, -0.2) is 4.79 Å². The van der Waals surface area contributed by atoms with Crippen molar-refractivity contribution in [2.45, 2.75) is 19.6 Å². The summed E-state index contributed by atoms with van der Waals surface area (Å²) in [5.74, 6) is 1.15. The minimum Gasteiger partial charge on any atom is -0.490 e. The maximum absolute atomic E-state index is 10.9. The van der Waals surface area contributed by atoms with Gasteiger partial charge < -0.3 is 24.6 Å². The van der Waals surface area contributed by atoms with Crippen molar-refractivity contribution in [1.29, 1.82) is 0 Å². The number of aliphatic hydroxyl groups is 1. The average Bonchev–Trinajstić information content (AvgIpc) is 2.83. The Labute approximate surface area is 111 Å². The first kappa shape index (κ1) is 13.5. The summed E-state index contributed by atoms with van der Waals surface area (Å²) in [7, 11) is 0. The Morgan fingerprint density at radius 2 is 2.26 bits per heavy atom. The van der Waals surface area contributed by atoms with Gasteiger partial charge in [-0.15, -0.1) is 0 Å². The van der Waals surface area contributed by atoms with Gasteiger partial charge in [-0.1, -0.05) is 6.07 Å². The average molecular weight is 267 g/mol. The third-order valence-electron chi connectivity index (χ3n) is 2.66. The Bertz CT molecular complexity index is 449. The van der Waals surface area contributed by atoms with Crippen LogP contribution in [0.4, 0.5) is 4.79 Å². The Hall–Kier alpha value is -1.95. The maximum Gasteiger partial charge on any atom is 0.407 e. The zero-order valence-corrected chi connectivity index (χ0v) is 10.7. The summed E-state index contributed by atoms with van der Waals surface area (Å²) in [6.07, 6.45) is -0.714. The van der Waals surface area contributed by atoms with Crippen LogP contribution in [-0.4, -0.2) is 37.1 Å². The molecule has 0 saturated carbocycles. The minimum atomic E-state index is -0.422. The molecule has 6 nitrogen and oxygen atoms in total. The molecule has 1 aliphatic rings. The molecule has 104 valence electrons. The molecule has 0 aromatic heterocycles. The number of hydrogen-bond donors (Lipinski definition) is 2. The fourth-order valence-corrected chi connectivity index (χ4v) is 1.75. The van der Waals surface area contributed by atoms with Gasteiger partial charge in [0.15, 0.2) is 17.6 Å². The van der Waals surface area contributed by atoms with Crippen molar-refractivity contribution in [3.05, 3.63) is 23.8 Å². The number of cyclic esters (lactones) is 1. The molecule has 1 fully saturated rings. The van der Waals surface area contributed by atoms with Crippen molar-refractivity contribution in [2.75, 3.05) is 19.8 Å². The third-order valence-corrected chi connectivity index (χ3v) is 2.66. The minimum absolute atomic E-state index is 0.0511. The van der Waals surface area contributed by atoms with Crippen LogP contribution in [-0.2, 0) is 11.3 Å². The number of benzene rings is 1. The Morgan fingerprint density at radius 1 is 1.42 bits per heavy atom. The molecule has 2 N–H and O–H groups in total. The zero-order chi connectivity index (χ0) is 13.7. The Kier molecular flexibility index (Phi) is 4.46. The van der Waals surface area contributed by atoms with Crippen molar-refractivity contribution in [2.24, 2.45) is 0 Å². The van der Waals surface area contributed by atoms with Gasteiger partial charge in [-0.3, -0.25) is 0 Å². The lowest BCUT2D eigenvalue weighted by molar-refractivity contribution is 0.103. The smallest absolute Gasteiger partial charge is 0.407 e. The van der Waals surface area contributed by atoms with Crippen LogP contribution in [0.25, 0.3) is 0 Å². The Balaban J connectivity index is 2.00. The van der Waals surface area contributed by atoms with Gasteiger partial charge in [-0.05, 0) is 24.6 Å². The molecule has 2 rings (SSSR count). The first-order valence-corrected chi connectivity index (χ1v) is 6.16. The van der Waals surface area contributed by atoms with Gasteiger partial charge in [0.05, 0.1) is 19.8 Å². The van der Waals surface area contributed by atoms with Crippen molar-refractivity contribution in [3.8, 4) is 11.5 Å². The summed E-state index contributed by atoms with van der Waals surface area (Å²) < 4.78 is 16.0. The van der Waals surface area contributed by atoms with Gasteiger partial charge >= 0.3 is 6.09 Å². The normalized spacial score (nSPS) is 17.8. The highest BCUT2D eigenvalue weighted by Crippen LogP contribution is 2.28. The topological polar surface area (TPSA) is 77.0 Å². The first-order chi connectivity index (χ1) is 9.22. The van der Waals surface area contributed by atoms with Crippen LogP contribution < -0.4 is 14.8 Å². The highest BCUT2D eigenvalue weighted by atomic mass is 16.6. The molecule has 1 heterocycles. The molecule has 1 aromatic rings. The molecule has 0 aliphatic carbocycles. The van der Waals surface area contributed by atoms with Crippen LogP contribution >= 0.6 is 0 Å². The molecule has 1 aliphatic heterocycles. The van der Waals surface area contributed by atoms with E-state index in [0.717, 1.165) is 5.56 Å². The van der Waals surface area contributed by atoms with E-state index < -0.39 is 6.09 Å². The summed E-state index contributed by atoms with van der Waals surface area (Å²) in [4.78, 5) is 10.9. The number of hydrogen-bond acceptors (Lipinski definition) is 5. The number of nitrogens with one attached hydrogen (secondary N) is 1. The molecule has 1 amide bonds. The maximum atomic E-state index is 10.9. The van der Waals surface area contributed by atoms with E-state index in [9.17, 15) is 4.79 Å². The third kappa shape index (κ3) is 3.51. The molecule has 0 spiro atoms. The fraction of sp³-hybridized carbons (Fsp3) is 0.462. The SMILES string of the molecule is CCOc1cc(CO)ccc1OCC1CNC(=O)O1. The lowest BCUT2D eigenvalue weighted by atomic mass is 10.2. The molecule has 1 unspecified atom stereocenters. The van der Waals surface area contributed by atoms with E-state index >= 15 is 0 Å². The number of ether oxygens (including phenoxy) is 3. The predicted molar refractivity (Wildman–Crippen MR) is 67.3 cm³/mol. The van der Waals surface area contributed by atoms with Gasteiger partial charge in [0.1, 0.15) is 6.61 Å². The molecular formula is C13H17NO5. The van der Waals surface area contributed by atoms with E-state index in [-0.39, 0.29) is 19.3 Å². The summed E-state index contributed by atoms with van der Waals surface area (Å²) >= 11 is 0. The quantitative estimate of drug-likeness (QED) is 0.806. The molecule has 0 bridgehead atoms. The van der Waals surface area contributed by atoms with Crippen LogP contribution in [0, 0.1) is 0 Å². The van der Waals surface area contributed by atoms with Gasteiger partial charge in [0.2, 0.25) is 0 Å². The largest absolute Gasteiger partial charge is 0.490 e. The molecule has 0 radical (unpaired) electrons. The second-order valence-corrected chi connectivity index (χ2v) is 4.09. The number of carbonyl (C=O) groups excluding carboxylic acids is 1. The van der Waals surface area contributed by atoms with Gasteiger partial charge in [-0.2, -0.15) is 0 Å². The highest BCUT2D eigenvalue weighted by molar-refractivity contribution is 5.69. The van der Waals surface area contributed by atoms with Crippen molar-refractivity contribution < 1.29 is 24.1 Å². The fourth-order valence-electron chi connectivity index (χ4n) is 1.75. The number of alkyl carbamates (subject to hydrolysis) is 1. The van der Waals surface area contributed by atoms with E-state index in [1.807, 2.05) is 6.92 Å². The van der Waals surface area contributed by atoms with Crippen molar-refractivity contribution >= 4 is 6.09 Å². The van der Waals surface area contributed by atoms with E-state index in [1.54, 1.807) is 18.2 Å². The summed E-state index contributed by atoms with van der Waals surface area (Å²) in [5.41, 5.74) is 0.754. The second-order valence-electron chi connectivity index (χ2n) is 4.09. The zero-order valence-electron chi connectivity index (χ0n) is 10.7. The molecular weight excluding hydrogens is 250 g/mol. The van der Waals surface area contributed by atoms with E-state index in [4.69, 9.17) is 19.3 Å². The number of rotatable bonds is 6. The first-order valence-electron chi connectivity index (χ1n) is 6.16. The van der Waals surface area contributed by atoms with Crippen LogP contribution in [0.2, 0.25) is 0 Å². The highest BCUT2D eigenvalue weighted by Gasteiger charge is 2.23. The number of amides is 1. The molecule has 1 aromatic carbocycles. The second kappa shape index (κ2) is 6.29. The lowest BCUT2D eigenvalue weighted by Gasteiger charge is -2.14. The summed E-state index contributed by atoms with van der Waals surface area (Å²) in [6, 6.07) is 5.23. The number of carbonyl (C=O) groups is 1. The molecule has 19 heavy (non-hydrogen) atoms. The van der Waals surface area contributed by atoms with E-state index in [1.165, 1.54) is 0 Å². The van der Waals surface area contributed by atoms with E-state index in [2.05, 4.69) is 5.32 Å². The molecule has 1 atom stereocenters. The Morgan fingerprint density at radius 3 is 2.89 bits per heavy atom. The van der Waals surface area contributed by atoms with Crippen LogP contribution in [0.5, 0.6) is 11.5 Å². The van der Waals surface area contributed by atoms with Crippen LogP contribution in [0.3, 0.4) is 0 Å². The van der Waals surface area contributed by atoms with Crippen molar-refractivity contribution in [1.82, 2.24) is 5.32 Å². The van der Waals surface area contributed by atoms with Crippen LogP contribution in [0.1, 0.15) is 12.5 Å². The molecule has 6 heteroatoms. The van der Waals surface area contributed by atoms with E-state index in [0.29, 0.717) is 24.7 Å². The summed E-state index contributed by atoms with van der Waals surface area (Å²) in [6.45, 7) is 3.03. The lowest BCUT2D eigenvalue weighted by Crippen LogP contribution is -2.22. The molecule has 1 saturated heterocycles. The monoisotopic (exact) mass is 267 g/mol. The summed E-state index contributed by atoms with van der Waals surface area (Å²) in [5, 5.41) is 11.6. The van der Waals surface area contributed by atoms with Gasteiger partial charge in [0, 0.05) is 0 Å². The number of aliphatic hydroxyl groups excluding tert-OH is 1. The van der Waals surface area contributed by atoms with Gasteiger partial charge in [0.25, 0.3) is 0 Å². The van der Waals surface area contributed by atoms with Crippen molar-refractivity contribution in [3.63, 3.8) is 0 Å². The predicted octanol–water partition coefficient (Wildman–Crippen LogP) is 1.06. The van der Waals surface area contributed by atoms with Crippen LogP contribution in [0.15, 0.2) is 18.2 Å². The standard InChI is InChI=1S/C13H17NO5/c1-2-17-12-5-9(7-15)3-4-11(12)18-8-10-6-14-13(16)19-10/h3-5,10,15H,2,6-8H2,1H3,(H,14,16).